The predicted molar refractivity (Wildman–Crippen MR) is 83.4 cm³/mol. The van der Waals surface area contributed by atoms with E-state index in [0.29, 0.717) is 0 Å². The van der Waals surface area contributed by atoms with Crippen LogP contribution in [0.3, 0.4) is 0 Å². The molecule has 1 fully saturated rings. The van der Waals surface area contributed by atoms with Gasteiger partial charge in [0.15, 0.2) is 0 Å². The average Bonchev–Trinajstić information content (AvgIpc) is 2.85. The Labute approximate surface area is 125 Å². The molecule has 1 heterocycles. The Balaban J connectivity index is 2.04. The fraction of sp³-hybridized carbons (Fsp3) is 0.688. The van der Waals surface area contributed by atoms with Crippen LogP contribution in [0.25, 0.3) is 0 Å². The molecule has 1 saturated carbocycles. The fourth-order valence-corrected chi connectivity index (χ4v) is 4.09. The van der Waals surface area contributed by atoms with Gasteiger partial charge in [0.25, 0.3) is 5.91 Å². The van der Waals surface area contributed by atoms with Crippen molar-refractivity contribution in [2.45, 2.75) is 70.9 Å². The Morgan fingerprint density at radius 3 is 2.80 bits per heavy atom. The molecule has 4 heteroatoms. The molecule has 0 spiro atoms. The Kier molecular flexibility index (Phi) is 5.61. The van der Waals surface area contributed by atoms with Crippen LogP contribution in [0.4, 0.5) is 0 Å². The van der Waals surface area contributed by atoms with Crippen molar-refractivity contribution in [1.82, 2.24) is 5.32 Å². The number of aliphatic hydroxyl groups excluding tert-OH is 1. The van der Waals surface area contributed by atoms with Crippen molar-refractivity contribution in [2.75, 3.05) is 0 Å². The van der Waals surface area contributed by atoms with E-state index < -0.39 is 0 Å². The van der Waals surface area contributed by atoms with Gasteiger partial charge < -0.3 is 10.4 Å². The van der Waals surface area contributed by atoms with Gasteiger partial charge in [-0.1, -0.05) is 33.1 Å². The third-order valence-electron chi connectivity index (χ3n) is 4.02. The number of carbonyl (C=O) groups is 1. The van der Waals surface area contributed by atoms with Gasteiger partial charge in [-0.2, -0.15) is 0 Å². The second-order valence-corrected chi connectivity index (χ2v) is 6.73. The maximum absolute atomic E-state index is 12.3. The first-order chi connectivity index (χ1) is 9.65. The highest BCUT2D eigenvalue weighted by Gasteiger charge is 2.25. The van der Waals surface area contributed by atoms with Crippen molar-refractivity contribution in [3.63, 3.8) is 0 Å². The summed E-state index contributed by atoms with van der Waals surface area (Å²) in [6.07, 6.45) is 6.60. The zero-order valence-electron chi connectivity index (χ0n) is 12.4. The number of nitrogens with one attached hydrogen (secondary N) is 1. The van der Waals surface area contributed by atoms with Crippen molar-refractivity contribution in [1.29, 1.82) is 0 Å². The lowest BCUT2D eigenvalue weighted by atomic mass is 9.92. The van der Waals surface area contributed by atoms with E-state index in [4.69, 9.17) is 0 Å². The van der Waals surface area contributed by atoms with Crippen molar-refractivity contribution in [2.24, 2.45) is 0 Å². The molecule has 1 aliphatic rings. The van der Waals surface area contributed by atoms with E-state index >= 15 is 0 Å². The van der Waals surface area contributed by atoms with Crippen molar-refractivity contribution in [3.8, 4) is 0 Å². The molecule has 2 atom stereocenters. The summed E-state index contributed by atoms with van der Waals surface area (Å²) in [5.41, 5.74) is 1.30. The lowest BCUT2D eigenvalue weighted by Gasteiger charge is -2.28. The van der Waals surface area contributed by atoms with Gasteiger partial charge in [-0.05, 0) is 37.3 Å². The zero-order valence-corrected chi connectivity index (χ0v) is 13.3. The summed E-state index contributed by atoms with van der Waals surface area (Å²) in [6.45, 7) is 4.30. The Morgan fingerprint density at radius 2 is 2.15 bits per heavy atom. The summed E-state index contributed by atoms with van der Waals surface area (Å²) in [5.74, 6) is -0.0157. The number of carbonyl (C=O) groups excluding carboxylic acids is 1. The quantitative estimate of drug-likeness (QED) is 0.875. The maximum Gasteiger partial charge on any atom is 0.261 e. The van der Waals surface area contributed by atoms with E-state index in [0.717, 1.165) is 49.8 Å². The number of hydrogen-bond acceptors (Lipinski definition) is 3. The van der Waals surface area contributed by atoms with E-state index in [1.54, 1.807) is 11.3 Å². The summed E-state index contributed by atoms with van der Waals surface area (Å²) < 4.78 is 0. The molecule has 20 heavy (non-hydrogen) atoms. The topological polar surface area (TPSA) is 49.3 Å². The molecule has 2 N–H and O–H groups in total. The average molecular weight is 295 g/mol. The minimum atomic E-state index is -0.381. The lowest BCUT2D eigenvalue weighted by molar-refractivity contribution is 0.0720. The van der Waals surface area contributed by atoms with Crippen molar-refractivity contribution < 1.29 is 9.90 Å². The molecule has 0 saturated heterocycles. The molecule has 0 bridgehead atoms. The molecule has 3 nitrogen and oxygen atoms in total. The molecule has 112 valence electrons. The van der Waals surface area contributed by atoms with Gasteiger partial charge in [0.2, 0.25) is 0 Å². The van der Waals surface area contributed by atoms with Crippen LogP contribution in [0.2, 0.25) is 0 Å². The van der Waals surface area contributed by atoms with Gasteiger partial charge in [0.05, 0.1) is 17.0 Å². The zero-order chi connectivity index (χ0) is 14.5. The highest BCUT2D eigenvalue weighted by atomic mass is 32.1. The van der Waals surface area contributed by atoms with Crippen LogP contribution in [0.5, 0.6) is 0 Å². The summed E-state index contributed by atoms with van der Waals surface area (Å²) in [6, 6.07) is 1.96. The van der Waals surface area contributed by atoms with Gasteiger partial charge in [0.1, 0.15) is 0 Å². The summed E-state index contributed by atoms with van der Waals surface area (Å²) >= 11 is 1.61. The van der Waals surface area contributed by atoms with Crippen LogP contribution in [0.15, 0.2) is 6.07 Å². The highest BCUT2D eigenvalue weighted by molar-refractivity contribution is 7.14. The summed E-state index contributed by atoms with van der Waals surface area (Å²) in [7, 11) is 0. The second kappa shape index (κ2) is 7.23. The molecule has 1 aromatic heterocycles. The monoisotopic (exact) mass is 295 g/mol. The molecule has 0 radical (unpaired) electrons. The molecule has 1 aromatic rings. The summed E-state index contributed by atoms with van der Waals surface area (Å²) in [4.78, 5) is 14.5. The molecule has 0 unspecified atom stereocenters. The van der Waals surface area contributed by atoms with E-state index in [-0.39, 0.29) is 18.1 Å². The van der Waals surface area contributed by atoms with Gasteiger partial charge in [0, 0.05) is 4.88 Å². The SMILES string of the molecule is CCCc1sc(C(=O)N[C@@H]2CCCC[C@H]2O)cc1CC. The number of aryl methyl sites for hydroxylation is 2. The molecule has 1 amide bonds. The third-order valence-corrected chi connectivity index (χ3v) is 5.26. The van der Waals surface area contributed by atoms with Crippen LogP contribution in [0.1, 0.15) is 66.1 Å². The fourth-order valence-electron chi connectivity index (χ4n) is 2.84. The van der Waals surface area contributed by atoms with Crippen molar-refractivity contribution >= 4 is 17.2 Å². The standard InChI is InChI=1S/C16H25NO2S/c1-3-7-14-11(4-2)10-15(20-14)16(19)17-12-8-5-6-9-13(12)18/h10,12-13,18H,3-9H2,1-2H3,(H,17,19)/t12-,13-/m1/s1. The van der Waals surface area contributed by atoms with Crippen LogP contribution >= 0.6 is 11.3 Å². The second-order valence-electron chi connectivity index (χ2n) is 5.59. The van der Waals surface area contributed by atoms with Crippen LogP contribution in [-0.2, 0) is 12.8 Å². The molecule has 0 aliphatic heterocycles. The van der Waals surface area contributed by atoms with Crippen LogP contribution in [0, 0.1) is 0 Å². The van der Waals surface area contributed by atoms with E-state index in [1.165, 1.54) is 10.4 Å². The predicted octanol–water partition coefficient (Wildman–Crippen LogP) is 3.30. The molecule has 1 aliphatic carbocycles. The van der Waals surface area contributed by atoms with E-state index in [2.05, 4.69) is 19.2 Å². The first kappa shape index (κ1) is 15.5. The maximum atomic E-state index is 12.3. The Morgan fingerprint density at radius 1 is 1.40 bits per heavy atom. The number of amides is 1. The molecule has 0 aromatic carbocycles. The number of aliphatic hydroxyl groups is 1. The molecular formula is C16H25NO2S. The summed E-state index contributed by atoms with van der Waals surface area (Å²) in [5, 5.41) is 13.0. The molecule has 2 rings (SSSR count). The minimum absolute atomic E-state index is 0.0157. The highest BCUT2D eigenvalue weighted by Crippen LogP contribution is 2.25. The van der Waals surface area contributed by atoms with Gasteiger partial charge in [-0.3, -0.25) is 4.79 Å². The third kappa shape index (κ3) is 3.61. The van der Waals surface area contributed by atoms with E-state index in [9.17, 15) is 9.90 Å². The first-order valence-corrected chi connectivity index (χ1v) is 8.57. The minimum Gasteiger partial charge on any atom is -0.391 e. The Hall–Kier alpha value is -0.870. The number of thiophene rings is 1. The largest absolute Gasteiger partial charge is 0.391 e. The number of rotatable bonds is 5. The lowest BCUT2D eigenvalue weighted by Crippen LogP contribution is -2.44. The normalized spacial score (nSPS) is 22.8. The Bertz CT molecular complexity index is 455. The van der Waals surface area contributed by atoms with Gasteiger partial charge in [-0.25, -0.2) is 0 Å². The number of hydrogen-bond donors (Lipinski definition) is 2. The van der Waals surface area contributed by atoms with E-state index in [1.807, 2.05) is 6.07 Å². The smallest absolute Gasteiger partial charge is 0.261 e. The van der Waals surface area contributed by atoms with Crippen LogP contribution < -0.4 is 5.32 Å². The molecular weight excluding hydrogens is 270 g/mol. The van der Waals surface area contributed by atoms with Gasteiger partial charge >= 0.3 is 0 Å². The van der Waals surface area contributed by atoms with Gasteiger partial charge in [-0.15, -0.1) is 11.3 Å². The first-order valence-electron chi connectivity index (χ1n) is 7.76. The van der Waals surface area contributed by atoms with Crippen LogP contribution in [-0.4, -0.2) is 23.2 Å². The van der Waals surface area contributed by atoms with Crippen molar-refractivity contribution in [3.05, 3.63) is 21.4 Å².